The Hall–Kier alpha value is -2.53. The highest BCUT2D eigenvalue weighted by atomic mass is 35.5. The Balaban J connectivity index is 1.55. The van der Waals surface area contributed by atoms with E-state index in [1.54, 1.807) is 24.3 Å². The van der Waals surface area contributed by atoms with Crippen molar-refractivity contribution < 1.29 is 18.1 Å². The van der Waals surface area contributed by atoms with E-state index in [1.165, 1.54) is 22.5 Å². The van der Waals surface area contributed by atoms with Crippen LogP contribution in [0.3, 0.4) is 0 Å². The van der Waals surface area contributed by atoms with Crippen LogP contribution in [-0.2, 0) is 14.8 Å². The lowest BCUT2D eigenvalue weighted by Crippen LogP contribution is -2.50. The van der Waals surface area contributed by atoms with Gasteiger partial charge in [0.1, 0.15) is 5.02 Å². The molecule has 1 N–H and O–H groups in total. The van der Waals surface area contributed by atoms with Crippen LogP contribution in [0.4, 0.5) is 11.4 Å². The second kappa shape index (κ2) is 9.09. The van der Waals surface area contributed by atoms with Crippen LogP contribution in [-0.4, -0.2) is 61.2 Å². The normalized spacial score (nSPS) is 15.7. The molecule has 30 heavy (non-hydrogen) atoms. The number of carbonyl (C=O) groups excluding carboxylic acids is 1. The Morgan fingerprint density at radius 2 is 1.77 bits per heavy atom. The average Bonchev–Trinajstić information content (AvgIpc) is 2.70. The maximum absolute atomic E-state index is 12.7. The molecular formula is C19H21ClN4O5S. The van der Waals surface area contributed by atoms with Crippen molar-refractivity contribution in [2.45, 2.75) is 11.8 Å². The molecule has 3 rings (SSSR count). The standard InChI is InChI=1S/C19H21ClN4O5S/c1-14-2-5-16(6-3-14)30(28,29)23-10-8-22(9-11-23)13-19(25)21-15-4-7-17(20)18(12-15)24(26)27/h2-7,12H,8-11,13H2,1H3,(H,21,25). The highest BCUT2D eigenvalue weighted by Crippen LogP contribution is 2.27. The van der Waals surface area contributed by atoms with Gasteiger partial charge in [0.05, 0.1) is 16.4 Å². The molecule has 0 aromatic heterocycles. The summed E-state index contributed by atoms with van der Waals surface area (Å²) < 4.78 is 26.9. The Kier molecular flexibility index (Phi) is 6.71. The second-order valence-electron chi connectivity index (χ2n) is 6.96. The quantitative estimate of drug-likeness (QED) is 0.532. The van der Waals surface area contributed by atoms with Crippen molar-refractivity contribution in [2.75, 3.05) is 38.0 Å². The molecule has 1 amide bonds. The fourth-order valence-electron chi connectivity index (χ4n) is 3.12. The predicted molar refractivity (Wildman–Crippen MR) is 113 cm³/mol. The molecule has 1 saturated heterocycles. The summed E-state index contributed by atoms with van der Waals surface area (Å²) in [4.78, 5) is 24.7. The minimum atomic E-state index is -3.57. The number of benzene rings is 2. The van der Waals surface area contributed by atoms with Gasteiger partial charge in [0.15, 0.2) is 0 Å². The first-order valence-corrected chi connectivity index (χ1v) is 11.0. The number of amides is 1. The molecule has 0 spiro atoms. The maximum atomic E-state index is 12.7. The van der Waals surface area contributed by atoms with E-state index in [9.17, 15) is 23.3 Å². The summed E-state index contributed by atoms with van der Waals surface area (Å²) in [5, 5.41) is 13.6. The lowest BCUT2D eigenvalue weighted by Gasteiger charge is -2.33. The van der Waals surface area contributed by atoms with Gasteiger partial charge in [-0.1, -0.05) is 29.3 Å². The molecule has 0 bridgehead atoms. The molecule has 9 nitrogen and oxygen atoms in total. The number of rotatable bonds is 6. The lowest BCUT2D eigenvalue weighted by molar-refractivity contribution is -0.384. The van der Waals surface area contributed by atoms with E-state index in [0.717, 1.165) is 5.56 Å². The third kappa shape index (κ3) is 5.14. The van der Waals surface area contributed by atoms with Crippen molar-refractivity contribution in [2.24, 2.45) is 0 Å². The van der Waals surface area contributed by atoms with Crippen molar-refractivity contribution in [1.29, 1.82) is 0 Å². The Morgan fingerprint density at radius 1 is 1.13 bits per heavy atom. The number of nitrogens with zero attached hydrogens (tertiary/aromatic N) is 3. The fraction of sp³-hybridized carbons (Fsp3) is 0.316. The Morgan fingerprint density at radius 3 is 2.37 bits per heavy atom. The van der Waals surface area contributed by atoms with Crippen LogP contribution in [0.25, 0.3) is 0 Å². The van der Waals surface area contributed by atoms with Crippen LogP contribution < -0.4 is 5.32 Å². The van der Waals surface area contributed by atoms with E-state index in [2.05, 4.69) is 5.32 Å². The molecule has 1 fully saturated rings. The summed E-state index contributed by atoms with van der Waals surface area (Å²) in [6, 6.07) is 10.7. The molecule has 0 saturated carbocycles. The summed E-state index contributed by atoms with van der Waals surface area (Å²) in [5.74, 6) is -0.346. The topological polar surface area (TPSA) is 113 Å². The van der Waals surface area contributed by atoms with Crippen LogP contribution in [0.2, 0.25) is 5.02 Å². The minimum Gasteiger partial charge on any atom is -0.325 e. The number of piperazine rings is 1. The van der Waals surface area contributed by atoms with Gasteiger partial charge in [-0.25, -0.2) is 8.42 Å². The second-order valence-corrected chi connectivity index (χ2v) is 9.31. The zero-order chi connectivity index (χ0) is 21.9. The van der Waals surface area contributed by atoms with Crippen molar-refractivity contribution in [3.63, 3.8) is 0 Å². The first-order chi connectivity index (χ1) is 14.2. The molecule has 160 valence electrons. The molecule has 0 unspecified atom stereocenters. The number of nitro benzene ring substituents is 1. The summed E-state index contributed by atoms with van der Waals surface area (Å²) in [6.45, 7) is 3.29. The number of aryl methyl sites for hydroxylation is 1. The number of hydrogen-bond acceptors (Lipinski definition) is 6. The summed E-state index contributed by atoms with van der Waals surface area (Å²) >= 11 is 5.77. The molecule has 0 radical (unpaired) electrons. The molecule has 2 aromatic rings. The van der Waals surface area contributed by atoms with E-state index < -0.39 is 14.9 Å². The smallest absolute Gasteiger partial charge is 0.289 e. The van der Waals surface area contributed by atoms with Gasteiger partial charge >= 0.3 is 0 Å². The maximum Gasteiger partial charge on any atom is 0.289 e. The minimum absolute atomic E-state index is 0.0103. The van der Waals surface area contributed by atoms with Gasteiger partial charge in [-0.15, -0.1) is 0 Å². The Bertz CT molecular complexity index is 1050. The number of sulfonamides is 1. The summed E-state index contributed by atoms with van der Waals surface area (Å²) in [5.41, 5.74) is 0.969. The largest absolute Gasteiger partial charge is 0.325 e. The molecule has 2 aromatic carbocycles. The first-order valence-electron chi connectivity index (χ1n) is 9.20. The number of anilines is 1. The highest BCUT2D eigenvalue weighted by Gasteiger charge is 2.29. The molecule has 0 atom stereocenters. The van der Waals surface area contributed by atoms with Gasteiger partial charge in [-0.3, -0.25) is 19.8 Å². The highest BCUT2D eigenvalue weighted by molar-refractivity contribution is 7.89. The van der Waals surface area contributed by atoms with E-state index >= 15 is 0 Å². The lowest BCUT2D eigenvalue weighted by atomic mass is 10.2. The van der Waals surface area contributed by atoms with Gasteiger partial charge in [0, 0.05) is 37.9 Å². The van der Waals surface area contributed by atoms with Gasteiger partial charge in [0.2, 0.25) is 15.9 Å². The van der Waals surface area contributed by atoms with Crippen LogP contribution in [0.1, 0.15) is 5.56 Å². The molecule has 1 aliphatic heterocycles. The van der Waals surface area contributed by atoms with Gasteiger partial charge in [0.25, 0.3) is 5.69 Å². The first kappa shape index (κ1) is 22.2. The number of nitrogens with one attached hydrogen (secondary N) is 1. The predicted octanol–water partition coefficient (Wildman–Crippen LogP) is 2.50. The number of halogens is 1. The van der Waals surface area contributed by atoms with Crippen molar-refractivity contribution >= 4 is 38.9 Å². The molecule has 1 heterocycles. The van der Waals surface area contributed by atoms with Gasteiger partial charge in [-0.2, -0.15) is 4.31 Å². The summed E-state index contributed by atoms with van der Waals surface area (Å²) in [7, 11) is -3.57. The van der Waals surface area contributed by atoms with Crippen molar-refractivity contribution in [1.82, 2.24) is 9.21 Å². The van der Waals surface area contributed by atoms with Crippen LogP contribution in [0, 0.1) is 17.0 Å². The van der Waals surface area contributed by atoms with Crippen molar-refractivity contribution in [3.8, 4) is 0 Å². The zero-order valence-corrected chi connectivity index (χ0v) is 17.8. The average molecular weight is 453 g/mol. The monoisotopic (exact) mass is 452 g/mol. The SMILES string of the molecule is Cc1ccc(S(=O)(=O)N2CCN(CC(=O)Nc3ccc(Cl)c([N+](=O)[O-])c3)CC2)cc1. The van der Waals surface area contributed by atoms with Gasteiger partial charge in [-0.05, 0) is 31.2 Å². The number of nitro groups is 1. The van der Waals surface area contributed by atoms with Crippen LogP contribution in [0.15, 0.2) is 47.4 Å². The van der Waals surface area contributed by atoms with Crippen molar-refractivity contribution in [3.05, 3.63) is 63.2 Å². The number of hydrogen-bond donors (Lipinski definition) is 1. The van der Waals surface area contributed by atoms with E-state index in [0.29, 0.717) is 13.1 Å². The molecular weight excluding hydrogens is 432 g/mol. The van der Waals surface area contributed by atoms with E-state index in [4.69, 9.17) is 11.6 Å². The number of carbonyl (C=O) groups is 1. The van der Waals surface area contributed by atoms with E-state index in [1.807, 2.05) is 11.8 Å². The molecule has 1 aliphatic rings. The van der Waals surface area contributed by atoms with Crippen LogP contribution >= 0.6 is 11.6 Å². The third-order valence-electron chi connectivity index (χ3n) is 4.78. The fourth-order valence-corrected chi connectivity index (χ4v) is 4.73. The zero-order valence-electron chi connectivity index (χ0n) is 16.2. The molecule has 11 heteroatoms. The Labute approximate surface area is 179 Å². The van der Waals surface area contributed by atoms with E-state index in [-0.39, 0.29) is 46.8 Å². The van der Waals surface area contributed by atoms with Crippen LogP contribution in [0.5, 0.6) is 0 Å². The summed E-state index contributed by atoms with van der Waals surface area (Å²) in [6.07, 6.45) is 0. The third-order valence-corrected chi connectivity index (χ3v) is 7.02. The van der Waals surface area contributed by atoms with Gasteiger partial charge < -0.3 is 5.32 Å². The molecule has 0 aliphatic carbocycles.